The van der Waals surface area contributed by atoms with E-state index in [1.165, 1.54) is 54.6 Å². The molecule has 3 saturated heterocycles. The molecule has 5 aromatic heterocycles. The normalized spacial score (nSPS) is 23.4. The highest BCUT2D eigenvalue weighted by Gasteiger charge is 2.42. The third kappa shape index (κ3) is 15.3. The van der Waals surface area contributed by atoms with E-state index in [0.717, 1.165) is 158 Å². The lowest BCUT2D eigenvalue weighted by Crippen LogP contribution is -2.63. The van der Waals surface area contributed by atoms with E-state index in [4.69, 9.17) is 0 Å². The zero-order chi connectivity index (χ0) is 63.2. The van der Waals surface area contributed by atoms with Crippen molar-refractivity contribution in [3.05, 3.63) is 123 Å². The largest absolute Gasteiger partial charge is 0.383 e. The molecule has 3 aliphatic heterocycles. The van der Waals surface area contributed by atoms with E-state index in [0.29, 0.717) is 30.0 Å². The zero-order valence-corrected chi connectivity index (χ0v) is 54.2. The molecule has 22 nitrogen and oxygen atoms in total. The van der Waals surface area contributed by atoms with Gasteiger partial charge in [0, 0.05) is 110 Å². The molecule has 3 aromatic carbocycles. The molecule has 484 valence electrons. The second-order valence-corrected chi connectivity index (χ2v) is 27.4. The van der Waals surface area contributed by atoms with Crippen LogP contribution in [0.1, 0.15) is 118 Å². The molecule has 0 bridgehead atoms. The van der Waals surface area contributed by atoms with Gasteiger partial charge in [0.05, 0.1) is 54.3 Å². The molecule has 0 atom stereocenters. The van der Waals surface area contributed by atoms with Gasteiger partial charge in [-0.25, -0.2) is 4.98 Å². The van der Waals surface area contributed by atoms with E-state index in [1.54, 1.807) is 18.3 Å². The first-order chi connectivity index (χ1) is 44.1. The van der Waals surface area contributed by atoms with E-state index in [1.807, 2.05) is 65.1 Å². The quantitative estimate of drug-likeness (QED) is 0.0396. The number of carbonyl (C=O) groups excluding carboxylic acids is 3. The summed E-state index contributed by atoms with van der Waals surface area (Å²) in [5.41, 5.74) is 5.82. The number of aryl methyl sites for hydroxylation is 4. The number of nitrogens with one attached hydrogen (secondary N) is 8. The highest BCUT2D eigenvalue weighted by molar-refractivity contribution is 7.09. The molecule has 3 amide bonds. The van der Waals surface area contributed by atoms with Crippen molar-refractivity contribution in [2.75, 3.05) is 74.9 Å². The smallest absolute Gasteiger partial charge is 0.250 e. The summed E-state index contributed by atoms with van der Waals surface area (Å²) >= 11 is 1.54. The van der Waals surface area contributed by atoms with Crippen molar-refractivity contribution in [3.8, 4) is 0 Å². The molecule has 8 aromatic rings. The van der Waals surface area contributed by atoms with E-state index < -0.39 is 5.60 Å². The van der Waals surface area contributed by atoms with Crippen LogP contribution in [0.5, 0.6) is 0 Å². The Morgan fingerprint density at radius 2 is 1.05 bits per heavy atom. The molecule has 3 saturated carbocycles. The zero-order valence-electron chi connectivity index (χ0n) is 53.3. The Hall–Kier alpha value is -7.70. The van der Waals surface area contributed by atoms with Gasteiger partial charge < -0.3 is 41.6 Å². The van der Waals surface area contributed by atoms with Crippen molar-refractivity contribution in [1.82, 2.24) is 70.4 Å². The van der Waals surface area contributed by atoms with Crippen molar-refractivity contribution in [1.29, 1.82) is 0 Å². The molecule has 8 heterocycles. The fourth-order valence-corrected chi connectivity index (χ4v) is 15.3. The van der Waals surface area contributed by atoms with Gasteiger partial charge in [-0.15, -0.1) is 11.3 Å². The lowest BCUT2D eigenvalue weighted by Gasteiger charge is -2.47. The van der Waals surface area contributed by atoms with Crippen LogP contribution < -0.4 is 37.5 Å². The van der Waals surface area contributed by atoms with Crippen molar-refractivity contribution in [2.24, 2.45) is 13.0 Å². The Morgan fingerprint density at radius 1 is 0.593 bits per heavy atom. The first kappa shape index (κ1) is 63.4. The number of thiazole rings is 1. The first-order valence-electron chi connectivity index (χ1n) is 33.0. The molecule has 6 aliphatic rings. The predicted molar refractivity (Wildman–Crippen MR) is 359 cm³/mol. The number of amides is 3. The molecule has 23 heteroatoms. The second-order valence-electron chi connectivity index (χ2n) is 26.5. The van der Waals surface area contributed by atoms with Gasteiger partial charge in [0.15, 0.2) is 17.5 Å². The van der Waals surface area contributed by atoms with E-state index in [9.17, 15) is 24.3 Å². The minimum absolute atomic E-state index is 0.00869. The van der Waals surface area contributed by atoms with Crippen LogP contribution in [0.3, 0.4) is 0 Å². The number of aliphatic hydroxyl groups is 1. The van der Waals surface area contributed by atoms with Crippen LogP contribution in [0.4, 0.5) is 17.5 Å². The van der Waals surface area contributed by atoms with Crippen molar-refractivity contribution < 1.29 is 19.5 Å². The van der Waals surface area contributed by atoms with Crippen LogP contribution in [0.25, 0.3) is 32.7 Å². The molecule has 0 radical (unpaired) electrons. The molecule has 0 unspecified atom stereocenters. The number of aromatic nitrogens is 8. The number of aromatic amines is 2. The Balaban J connectivity index is 0.000000133. The third-order valence-electron chi connectivity index (χ3n) is 20.0. The van der Waals surface area contributed by atoms with Gasteiger partial charge in [0.1, 0.15) is 10.6 Å². The fourth-order valence-electron chi connectivity index (χ4n) is 14.5. The number of hydrogen-bond acceptors (Lipinski definition) is 16. The SMILES string of the molecule is CCC1CCC(N2CC(NC(=O)CNc3n[nH]c4ccc(C)cc34)C2)CC1.Cc1ccc2[nH]nc(NCC(=O)NC3CN(C4CCC(n5ccccc5=O)CC4)C3)c2c1.Cc1ccc2c(c1)c(NCC(=O)NC1CN(C3CCC(O)(c4nccs4)CC3)C1)nn2C. The van der Waals surface area contributed by atoms with Crippen LogP contribution in [0.15, 0.2) is 95.4 Å². The Labute approximate surface area is 536 Å². The lowest BCUT2D eigenvalue weighted by atomic mass is 9.81. The van der Waals surface area contributed by atoms with E-state index in [-0.39, 0.29) is 55.0 Å². The minimum Gasteiger partial charge on any atom is -0.383 e. The van der Waals surface area contributed by atoms with Gasteiger partial charge in [-0.3, -0.25) is 48.8 Å². The highest BCUT2D eigenvalue weighted by Crippen LogP contribution is 2.41. The first-order valence-corrected chi connectivity index (χ1v) is 33.9. The molecule has 0 spiro atoms. The van der Waals surface area contributed by atoms with E-state index >= 15 is 0 Å². The molecular weight excluding hydrogens is 1170 g/mol. The molecule has 91 heavy (non-hydrogen) atoms. The number of fused-ring (bicyclic) bond motifs is 3. The predicted octanol–water partition coefficient (Wildman–Crippen LogP) is 7.86. The molecule has 14 rings (SSSR count). The van der Waals surface area contributed by atoms with Gasteiger partial charge in [-0.2, -0.15) is 15.3 Å². The average Bonchev–Trinajstić information content (AvgIpc) is 2.00. The number of benzene rings is 3. The summed E-state index contributed by atoms with van der Waals surface area (Å²) in [6, 6.07) is 26.6. The number of H-pyrrole nitrogens is 2. The molecule has 3 aliphatic carbocycles. The highest BCUT2D eigenvalue weighted by atomic mass is 32.1. The maximum Gasteiger partial charge on any atom is 0.250 e. The van der Waals surface area contributed by atoms with Gasteiger partial charge in [0.2, 0.25) is 17.7 Å². The summed E-state index contributed by atoms with van der Waals surface area (Å²) in [6.45, 7) is 14.7. The summed E-state index contributed by atoms with van der Waals surface area (Å²) in [5, 5.41) is 54.7. The Kier molecular flexibility index (Phi) is 19.8. The van der Waals surface area contributed by atoms with Crippen LogP contribution in [-0.2, 0) is 27.0 Å². The number of rotatable bonds is 18. The lowest BCUT2D eigenvalue weighted by molar-refractivity contribution is -0.122. The topological polar surface area (TPSA) is 263 Å². The van der Waals surface area contributed by atoms with Crippen molar-refractivity contribution in [3.63, 3.8) is 0 Å². The minimum atomic E-state index is -0.761. The van der Waals surface area contributed by atoms with Crippen molar-refractivity contribution in [2.45, 2.75) is 159 Å². The molecule has 6 fully saturated rings. The maximum atomic E-state index is 12.5. The number of pyridine rings is 1. The second kappa shape index (κ2) is 28.4. The summed E-state index contributed by atoms with van der Waals surface area (Å²) < 4.78 is 3.71. The van der Waals surface area contributed by atoms with Gasteiger partial charge in [-0.05, 0) is 146 Å². The number of likely N-dealkylation sites (tertiary alicyclic amines) is 3. The number of hydrogen-bond donors (Lipinski definition) is 9. The van der Waals surface area contributed by atoms with Crippen LogP contribution in [-0.4, -0.2) is 172 Å². The Bertz CT molecular complexity index is 3820. The van der Waals surface area contributed by atoms with Crippen LogP contribution >= 0.6 is 11.3 Å². The molecule has 9 N–H and O–H groups in total. The number of anilines is 3. The number of carbonyl (C=O) groups is 3. The summed E-state index contributed by atoms with van der Waals surface area (Å²) in [5.74, 6) is 3.15. The molecular formula is C68H91N17O5S. The average molecular weight is 1260 g/mol. The van der Waals surface area contributed by atoms with Crippen LogP contribution in [0.2, 0.25) is 0 Å². The van der Waals surface area contributed by atoms with Gasteiger partial charge in [0.25, 0.3) is 5.56 Å². The van der Waals surface area contributed by atoms with Gasteiger partial charge in [-0.1, -0.05) is 54.3 Å². The summed E-state index contributed by atoms with van der Waals surface area (Å²) in [7, 11) is 1.91. The maximum absolute atomic E-state index is 12.5. The van der Waals surface area contributed by atoms with E-state index in [2.05, 4.69) is 128 Å². The monoisotopic (exact) mass is 1260 g/mol. The summed E-state index contributed by atoms with van der Waals surface area (Å²) in [6.07, 6.45) is 18.1. The van der Waals surface area contributed by atoms with Crippen LogP contribution in [0, 0.1) is 26.7 Å². The Morgan fingerprint density at radius 3 is 1.54 bits per heavy atom. The third-order valence-corrected chi connectivity index (χ3v) is 20.9. The fraction of sp³-hybridized carbons (Fsp3) is 0.529. The van der Waals surface area contributed by atoms with Crippen molar-refractivity contribution >= 4 is 79.2 Å². The summed E-state index contributed by atoms with van der Waals surface area (Å²) in [4.78, 5) is 61.0. The number of nitrogens with zero attached hydrogens (tertiary/aromatic N) is 9. The van der Waals surface area contributed by atoms with Gasteiger partial charge >= 0.3 is 0 Å². The standard InChI is InChI=1S/C24H30N6O2.C23H30N6O2S.C21H31N5O/c1-16-5-10-21-20(12-16)24(28-27-21)25-13-22(31)26-17-14-29(15-17)18-6-8-19(9-7-18)30-11-3-2-4-23(30)32;1-15-3-4-19-18(11-15)21(27-28(19)2)25-12-20(30)26-16-13-29(14-16)17-5-7-23(31,8-6-17)22-24-9-10-32-22;1-3-15-5-7-17(8-6-15)26-12-16(13-26)23-20(27)11-22-21-18-10-14(2)4-9-19(18)24-25-21/h2-5,10-12,17-19H,6-9,13-15H2,1H3,(H,26,31)(H2,25,27,28);3-4,9-11,16-17,31H,5-8,12-14H2,1-2H3,(H,25,27)(H,26,30);4,9-10,15-17H,3,5-8,11-13H2,1-2H3,(H,23,27)(H2,22,24,25).